The topological polar surface area (TPSA) is 186 Å². The Morgan fingerprint density at radius 2 is 1.53 bits per heavy atom. The van der Waals surface area contributed by atoms with Crippen LogP contribution in [0.25, 0.3) is 44.2 Å². The van der Waals surface area contributed by atoms with Crippen LogP contribution in [-0.2, 0) is 19.1 Å². The summed E-state index contributed by atoms with van der Waals surface area (Å²) in [5.74, 6) is -4.14. The van der Waals surface area contributed by atoms with Crippen LogP contribution in [0.3, 0.4) is 0 Å². The number of alkyl halides is 2. The lowest BCUT2D eigenvalue weighted by Gasteiger charge is -2.30. The van der Waals surface area contributed by atoms with Crippen molar-refractivity contribution >= 4 is 53.7 Å². The van der Waals surface area contributed by atoms with Gasteiger partial charge in [0.2, 0.25) is 17.7 Å². The first-order chi connectivity index (χ1) is 28.4. The molecule has 0 aliphatic carbocycles. The summed E-state index contributed by atoms with van der Waals surface area (Å²) in [6, 6.07) is 15.7. The van der Waals surface area contributed by atoms with E-state index < -0.39 is 69.6 Å². The van der Waals surface area contributed by atoms with Gasteiger partial charge in [-0.1, -0.05) is 83.3 Å². The van der Waals surface area contributed by atoms with Crippen LogP contribution in [0.4, 0.5) is 13.6 Å². The third-order valence-electron chi connectivity index (χ3n) is 11.6. The second-order valence-electron chi connectivity index (χ2n) is 17.5. The average Bonchev–Trinajstić information content (AvgIpc) is 4.01. The lowest BCUT2D eigenvalue weighted by atomic mass is 9.99. The summed E-state index contributed by atoms with van der Waals surface area (Å²) in [6.45, 7) is 10.2. The molecule has 7 rings (SSSR count). The summed E-state index contributed by atoms with van der Waals surface area (Å²) < 4.78 is 34.3. The number of aromatic nitrogens is 4. The van der Waals surface area contributed by atoms with Gasteiger partial charge in [0.1, 0.15) is 30.3 Å². The van der Waals surface area contributed by atoms with Gasteiger partial charge >= 0.3 is 6.09 Å². The van der Waals surface area contributed by atoms with Gasteiger partial charge in [-0.15, -0.1) is 0 Å². The second kappa shape index (κ2) is 16.4. The Bertz CT molecular complexity index is 2430. The number of nitrogens with zero attached hydrogens (tertiary/aromatic N) is 4. The number of aromatic amines is 2. The predicted molar refractivity (Wildman–Crippen MR) is 225 cm³/mol. The highest BCUT2D eigenvalue weighted by Crippen LogP contribution is 2.42. The van der Waals surface area contributed by atoms with Crippen molar-refractivity contribution in [2.75, 3.05) is 26.4 Å². The molecule has 4 amide bonds. The van der Waals surface area contributed by atoms with Gasteiger partial charge in [0, 0.05) is 18.0 Å². The number of rotatable bonds is 11. The van der Waals surface area contributed by atoms with Crippen LogP contribution in [-0.4, -0.2) is 111 Å². The number of benzene rings is 3. The summed E-state index contributed by atoms with van der Waals surface area (Å²) >= 11 is 0. The zero-order valence-electron chi connectivity index (χ0n) is 34.8. The number of nitrogens with one attached hydrogen (secondary N) is 4. The van der Waals surface area contributed by atoms with Crippen LogP contribution in [0, 0.1) is 11.8 Å². The molecular formula is C43H52F2N8O6Si. The largest absolute Gasteiger partial charge is 0.453 e. The van der Waals surface area contributed by atoms with Crippen LogP contribution in [0.1, 0.15) is 57.8 Å². The molecule has 0 unspecified atom stereocenters. The summed E-state index contributed by atoms with van der Waals surface area (Å²) in [5.41, 5.74) is 4.96. The van der Waals surface area contributed by atoms with Crippen LogP contribution in [0.2, 0.25) is 19.1 Å². The van der Waals surface area contributed by atoms with Gasteiger partial charge in [-0.05, 0) is 52.1 Å². The molecule has 0 spiro atoms. The standard InChI is InChI=1S/C43H52F2N8O6Si/c1-23(2)35(49-34(55)19-54)41(57)53-22-60(6,7)20-33(53)39-47-30-15-13-28-16-27(12-14-29(28)37(30)50-39)25-8-10-26(11-9-25)31-18-46-38(48-31)32-17-43(44,45)21-52(32)40(56)36(24(3)4)51-42(58)59-5/h8-16,18,23-24,32-33,35-36,54H,17,19-22H2,1-7H3,(H,46,48)(H,47,50)(H,49,55)(H,51,58)/t32-,33-,35-,36-/m0/s1. The zero-order valence-corrected chi connectivity index (χ0v) is 35.8. The van der Waals surface area contributed by atoms with Gasteiger partial charge < -0.3 is 40.2 Å². The number of likely N-dealkylation sites (tertiary alicyclic amines) is 1. The molecule has 2 fully saturated rings. The summed E-state index contributed by atoms with van der Waals surface area (Å²) in [4.78, 5) is 70.7. The number of halogens is 2. The number of aliphatic hydroxyl groups is 1. The van der Waals surface area contributed by atoms with Crippen LogP contribution < -0.4 is 10.6 Å². The van der Waals surface area contributed by atoms with Gasteiger partial charge in [-0.2, -0.15) is 0 Å². The average molecular weight is 843 g/mol. The lowest BCUT2D eigenvalue weighted by Crippen LogP contribution is -2.52. The number of fused-ring (bicyclic) bond motifs is 3. The molecule has 3 aromatic carbocycles. The fourth-order valence-corrected chi connectivity index (χ4v) is 11.4. The minimum absolute atomic E-state index is 0.171. The number of hydrogen-bond acceptors (Lipinski definition) is 8. The van der Waals surface area contributed by atoms with Gasteiger partial charge in [0.25, 0.3) is 5.92 Å². The van der Waals surface area contributed by atoms with E-state index >= 15 is 0 Å². The van der Waals surface area contributed by atoms with Gasteiger partial charge in [-0.25, -0.2) is 23.5 Å². The van der Waals surface area contributed by atoms with E-state index in [-0.39, 0.29) is 29.6 Å². The van der Waals surface area contributed by atoms with Crippen molar-refractivity contribution in [3.8, 4) is 22.4 Å². The third-order valence-corrected chi connectivity index (χ3v) is 14.3. The molecule has 60 heavy (non-hydrogen) atoms. The number of H-pyrrole nitrogens is 2. The Morgan fingerprint density at radius 3 is 2.20 bits per heavy atom. The third kappa shape index (κ3) is 8.50. The predicted octanol–water partition coefficient (Wildman–Crippen LogP) is 6.33. The van der Waals surface area contributed by atoms with Gasteiger partial charge in [0.15, 0.2) is 0 Å². The summed E-state index contributed by atoms with van der Waals surface area (Å²) in [7, 11) is -0.651. The molecule has 17 heteroatoms. The summed E-state index contributed by atoms with van der Waals surface area (Å²) in [5, 5.41) is 16.5. The highest BCUT2D eigenvalue weighted by Gasteiger charge is 2.50. The molecule has 2 aromatic heterocycles. The van der Waals surface area contributed by atoms with Crippen LogP contribution in [0.5, 0.6) is 0 Å². The SMILES string of the molecule is COC(=O)N[C@H](C(=O)N1CC(F)(F)C[C@H]1c1ncc(-c2ccc(-c3ccc4c(ccc5[nH]c([C@@H]6C[Si](C)(C)CN6C(=O)[C@@H](NC(=O)CO)C(C)C)nc54)c3)cc2)[nH]1)C(C)C. The zero-order chi connectivity index (χ0) is 43.3. The molecular weight excluding hydrogens is 791 g/mol. The number of ether oxygens (including phenoxy) is 1. The first-order valence-electron chi connectivity index (χ1n) is 20.2. The van der Waals surface area contributed by atoms with E-state index in [1.807, 2.05) is 67.3 Å². The fraction of sp³-hybridized carbons (Fsp3) is 0.442. The normalized spacial score (nSPS) is 19.6. The fourth-order valence-electron chi connectivity index (χ4n) is 8.48. The van der Waals surface area contributed by atoms with E-state index in [4.69, 9.17) is 4.98 Å². The number of carbonyl (C=O) groups excluding carboxylic acids is 4. The minimum atomic E-state index is -3.14. The van der Waals surface area contributed by atoms with E-state index in [9.17, 15) is 33.1 Å². The monoisotopic (exact) mass is 842 g/mol. The molecule has 0 radical (unpaired) electrons. The molecule has 0 saturated carbocycles. The van der Waals surface area contributed by atoms with Crippen molar-refractivity contribution in [2.45, 2.75) is 83.3 Å². The van der Waals surface area contributed by atoms with Crippen LogP contribution >= 0.6 is 0 Å². The molecule has 5 aromatic rings. The maximum Gasteiger partial charge on any atom is 0.407 e. The van der Waals surface area contributed by atoms with E-state index in [2.05, 4.69) is 49.5 Å². The molecule has 318 valence electrons. The number of aliphatic hydroxyl groups excluding tert-OH is 1. The quantitative estimate of drug-likeness (QED) is 0.0956. The Morgan fingerprint density at radius 1 is 0.883 bits per heavy atom. The Labute approximate surface area is 347 Å². The Hall–Kier alpha value is -5.68. The van der Waals surface area contributed by atoms with Gasteiger partial charge in [0.05, 0.1) is 56.7 Å². The minimum Gasteiger partial charge on any atom is -0.453 e. The van der Waals surface area contributed by atoms with E-state index in [0.29, 0.717) is 17.7 Å². The number of methoxy groups -OCH3 is 1. The molecule has 2 aliphatic heterocycles. The maximum atomic E-state index is 14.8. The number of hydrogen-bond donors (Lipinski definition) is 5. The lowest BCUT2D eigenvalue weighted by molar-refractivity contribution is -0.139. The van der Waals surface area contributed by atoms with Crippen molar-refractivity contribution < 1.29 is 37.8 Å². The smallest absolute Gasteiger partial charge is 0.407 e. The van der Waals surface area contributed by atoms with Crippen molar-refractivity contribution in [3.05, 3.63) is 72.4 Å². The number of alkyl carbamates (subject to hydrolysis) is 1. The molecule has 2 aliphatic rings. The number of carbonyl (C=O) groups is 4. The van der Waals surface area contributed by atoms with Crippen molar-refractivity contribution in [2.24, 2.45) is 11.8 Å². The first kappa shape index (κ1) is 42.4. The number of imidazole rings is 2. The van der Waals surface area contributed by atoms with Crippen molar-refractivity contribution in [3.63, 3.8) is 0 Å². The van der Waals surface area contributed by atoms with Gasteiger partial charge in [-0.3, -0.25) is 14.4 Å². The number of amides is 4. The molecule has 5 N–H and O–H groups in total. The maximum absolute atomic E-state index is 14.8. The Kier molecular flexibility index (Phi) is 11.6. The highest BCUT2D eigenvalue weighted by molar-refractivity contribution is 6.78. The molecule has 0 bridgehead atoms. The molecule has 4 atom stereocenters. The highest BCUT2D eigenvalue weighted by atomic mass is 28.3. The van der Waals surface area contributed by atoms with Crippen molar-refractivity contribution in [1.29, 1.82) is 0 Å². The van der Waals surface area contributed by atoms with E-state index in [1.54, 1.807) is 20.0 Å². The van der Waals surface area contributed by atoms with Crippen molar-refractivity contribution in [1.82, 2.24) is 40.4 Å². The second-order valence-corrected chi connectivity index (χ2v) is 22.5. The first-order valence-corrected chi connectivity index (χ1v) is 23.6. The molecule has 14 nitrogen and oxygen atoms in total. The summed E-state index contributed by atoms with van der Waals surface area (Å²) in [6.07, 6.45) is 0.772. The Balaban J connectivity index is 1.11. The molecule has 4 heterocycles. The van der Waals surface area contributed by atoms with E-state index in [1.165, 1.54) is 7.11 Å². The molecule has 2 saturated heterocycles. The van der Waals surface area contributed by atoms with Crippen LogP contribution in [0.15, 0.2) is 60.8 Å². The van der Waals surface area contributed by atoms with E-state index in [0.717, 1.165) is 49.4 Å².